The molecule has 0 aliphatic rings. The van der Waals surface area contributed by atoms with E-state index in [9.17, 15) is 13.5 Å². The Morgan fingerprint density at radius 3 is 2.45 bits per heavy atom. The van der Waals surface area contributed by atoms with Crippen LogP contribution in [-0.2, 0) is 10.0 Å². The Balaban J connectivity index is 2.60. The van der Waals surface area contributed by atoms with Gasteiger partial charge >= 0.3 is 0 Å². The molecule has 0 amide bonds. The normalized spacial score (nSPS) is 15.7. The van der Waals surface area contributed by atoms with Crippen LogP contribution in [0.2, 0.25) is 0 Å². The number of hydrogen-bond acceptors (Lipinski definition) is 4. The average Bonchev–Trinajstić information content (AvgIpc) is 2.34. The lowest BCUT2D eigenvalue weighted by Crippen LogP contribution is -2.46. The molecule has 0 saturated carbocycles. The standard InChI is InChI=1S/C14H22N2O3S/c1-14(17,12-16(2)3)11-15-20(18,19)10-9-13-7-5-4-6-8-13/h4-10,15,17H,11-12H2,1-3H3/b10-9+. The highest BCUT2D eigenvalue weighted by Crippen LogP contribution is 2.06. The summed E-state index contributed by atoms with van der Waals surface area (Å²) >= 11 is 0. The van der Waals surface area contributed by atoms with E-state index >= 15 is 0 Å². The third-order valence-electron chi connectivity index (χ3n) is 2.55. The third-order valence-corrected chi connectivity index (χ3v) is 3.59. The minimum atomic E-state index is -3.56. The second kappa shape index (κ2) is 6.99. The molecule has 112 valence electrons. The maximum absolute atomic E-state index is 11.8. The van der Waals surface area contributed by atoms with Gasteiger partial charge in [0.25, 0.3) is 0 Å². The van der Waals surface area contributed by atoms with Crippen molar-refractivity contribution in [3.8, 4) is 0 Å². The lowest BCUT2D eigenvalue weighted by molar-refractivity contribution is 0.0386. The highest BCUT2D eigenvalue weighted by molar-refractivity contribution is 7.92. The molecular weight excluding hydrogens is 276 g/mol. The first kappa shape index (κ1) is 16.8. The SMILES string of the molecule is CN(C)CC(C)(O)CNS(=O)(=O)/C=C/c1ccccc1. The van der Waals surface area contributed by atoms with E-state index in [1.807, 2.05) is 44.4 Å². The molecule has 1 aromatic rings. The van der Waals surface area contributed by atoms with Gasteiger partial charge in [0.1, 0.15) is 0 Å². The van der Waals surface area contributed by atoms with E-state index in [0.29, 0.717) is 6.54 Å². The Kier molecular flexibility index (Phi) is 5.88. The number of sulfonamides is 1. The summed E-state index contributed by atoms with van der Waals surface area (Å²) in [6.07, 6.45) is 1.52. The molecule has 1 unspecified atom stereocenters. The molecule has 2 N–H and O–H groups in total. The number of nitrogens with zero attached hydrogens (tertiary/aromatic N) is 1. The number of benzene rings is 1. The van der Waals surface area contributed by atoms with Crippen molar-refractivity contribution in [3.05, 3.63) is 41.3 Å². The molecule has 20 heavy (non-hydrogen) atoms. The van der Waals surface area contributed by atoms with Crippen LogP contribution in [0.25, 0.3) is 6.08 Å². The van der Waals surface area contributed by atoms with Gasteiger partial charge < -0.3 is 10.0 Å². The van der Waals surface area contributed by atoms with Crippen molar-refractivity contribution in [2.24, 2.45) is 0 Å². The van der Waals surface area contributed by atoms with E-state index in [2.05, 4.69) is 4.72 Å². The predicted octanol–water partition coefficient (Wildman–Crippen LogP) is 0.889. The maximum atomic E-state index is 11.8. The van der Waals surface area contributed by atoms with Gasteiger partial charge in [0, 0.05) is 18.5 Å². The van der Waals surface area contributed by atoms with Crippen LogP contribution in [-0.4, -0.2) is 51.2 Å². The third kappa shape index (κ3) is 6.81. The summed E-state index contributed by atoms with van der Waals surface area (Å²) in [5.41, 5.74) is -0.310. The van der Waals surface area contributed by atoms with Crippen LogP contribution < -0.4 is 4.72 Å². The molecule has 0 saturated heterocycles. The van der Waals surface area contributed by atoms with Crippen LogP contribution in [0.1, 0.15) is 12.5 Å². The molecular formula is C14H22N2O3S. The molecule has 5 nitrogen and oxygen atoms in total. The number of nitrogens with one attached hydrogen (secondary N) is 1. The van der Waals surface area contributed by atoms with Crippen molar-refractivity contribution in [3.63, 3.8) is 0 Å². The topological polar surface area (TPSA) is 69.6 Å². The Morgan fingerprint density at radius 1 is 1.30 bits per heavy atom. The quantitative estimate of drug-likeness (QED) is 0.784. The highest BCUT2D eigenvalue weighted by Gasteiger charge is 2.23. The van der Waals surface area contributed by atoms with Crippen LogP contribution >= 0.6 is 0 Å². The van der Waals surface area contributed by atoms with Gasteiger partial charge in [0.15, 0.2) is 0 Å². The fourth-order valence-corrected chi connectivity index (χ4v) is 2.72. The Morgan fingerprint density at radius 2 is 1.90 bits per heavy atom. The number of likely N-dealkylation sites (N-methyl/N-ethyl adjacent to an activating group) is 1. The van der Waals surface area contributed by atoms with E-state index in [4.69, 9.17) is 0 Å². The van der Waals surface area contributed by atoms with Crippen LogP contribution in [0, 0.1) is 0 Å². The molecule has 1 aromatic carbocycles. The average molecular weight is 298 g/mol. The molecule has 6 heteroatoms. The van der Waals surface area contributed by atoms with Crippen molar-refractivity contribution in [1.82, 2.24) is 9.62 Å². The molecule has 0 spiro atoms. The fraction of sp³-hybridized carbons (Fsp3) is 0.429. The van der Waals surface area contributed by atoms with Crippen molar-refractivity contribution < 1.29 is 13.5 Å². The first-order valence-corrected chi connectivity index (χ1v) is 7.85. The minimum Gasteiger partial charge on any atom is -0.387 e. The molecule has 1 atom stereocenters. The van der Waals surface area contributed by atoms with Crippen LogP contribution in [0.5, 0.6) is 0 Å². The summed E-state index contributed by atoms with van der Waals surface area (Å²) < 4.78 is 26.0. The number of aliphatic hydroxyl groups is 1. The Labute approximate surface area is 121 Å². The molecule has 0 aromatic heterocycles. The maximum Gasteiger partial charge on any atom is 0.233 e. The van der Waals surface area contributed by atoms with Crippen molar-refractivity contribution in [1.29, 1.82) is 0 Å². The number of rotatable bonds is 7. The van der Waals surface area contributed by atoms with Gasteiger partial charge in [0.05, 0.1) is 5.60 Å². The van der Waals surface area contributed by atoms with Crippen LogP contribution in [0.15, 0.2) is 35.7 Å². The first-order chi connectivity index (χ1) is 9.20. The van der Waals surface area contributed by atoms with Gasteiger partial charge in [-0.1, -0.05) is 30.3 Å². The monoisotopic (exact) mass is 298 g/mol. The van der Waals surface area contributed by atoms with E-state index in [-0.39, 0.29) is 6.54 Å². The zero-order valence-corrected chi connectivity index (χ0v) is 12.9. The second-order valence-corrected chi connectivity index (χ2v) is 6.97. The van der Waals surface area contributed by atoms with Crippen molar-refractivity contribution in [2.75, 3.05) is 27.2 Å². The van der Waals surface area contributed by atoms with E-state index in [0.717, 1.165) is 11.0 Å². The molecule has 0 bridgehead atoms. The molecule has 0 fully saturated rings. The van der Waals surface area contributed by atoms with Gasteiger partial charge in [-0.2, -0.15) is 0 Å². The second-order valence-electron chi connectivity index (χ2n) is 5.31. The highest BCUT2D eigenvalue weighted by atomic mass is 32.2. The zero-order chi connectivity index (χ0) is 15.2. The predicted molar refractivity (Wildman–Crippen MR) is 81.6 cm³/mol. The summed E-state index contributed by atoms with van der Waals surface area (Å²) in [6.45, 7) is 1.93. The smallest absolute Gasteiger partial charge is 0.233 e. The number of hydrogen-bond donors (Lipinski definition) is 2. The zero-order valence-electron chi connectivity index (χ0n) is 12.1. The van der Waals surface area contributed by atoms with Crippen molar-refractivity contribution >= 4 is 16.1 Å². The summed E-state index contributed by atoms with van der Waals surface area (Å²) in [5, 5.41) is 11.1. The van der Waals surface area contributed by atoms with E-state index in [1.54, 1.807) is 11.8 Å². The summed E-state index contributed by atoms with van der Waals surface area (Å²) in [7, 11) is 0.0776. The minimum absolute atomic E-state index is 0.0351. The van der Waals surface area contributed by atoms with E-state index in [1.165, 1.54) is 6.08 Å². The largest absolute Gasteiger partial charge is 0.387 e. The van der Waals surface area contributed by atoms with Gasteiger partial charge in [-0.25, -0.2) is 13.1 Å². The summed E-state index contributed by atoms with van der Waals surface area (Å²) in [5.74, 6) is 0. The fourth-order valence-electron chi connectivity index (χ4n) is 1.77. The lowest BCUT2D eigenvalue weighted by Gasteiger charge is -2.26. The van der Waals surface area contributed by atoms with E-state index < -0.39 is 15.6 Å². The molecule has 0 aliphatic heterocycles. The van der Waals surface area contributed by atoms with Crippen LogP contribution in [0.3, 0.4) is 0 Å². The van der Waals surface area contributed by atoms with Gasteiger partial charge in [0.2, 0.25) is 10.0 Å². The van der Waals surface area contributed by atoms with Gasteiger partial charge in [-0.05, 0) is 32.7 Å². The molecule has 0 radical (unpaired) electrons. The Hall–Kier alpha value is -1.21. The first-order valence-electron chi connectivity index (χ1n) is 6.30. The van der Waals surface area contributed by atoms with Gasteiger partial charge in [-0.15, -0.1) is 0 Å². The molecule has 0 heterocycles. The molecule has 0 aliphatic carbocycles. The van der Waals surface area contributed by atoms with Crippen LogP contribution in [0.4, 0.5) is 0 Å². The summed E-state index contributed by atoms with van der Waals surface area (Å²) in [6, 6.07) is 9.16. The van der Waals surface area contributed by atoms with Gasteiger partial charge in [-0.3, -0.25) is 0 Å². The Bertz CT molecular complexity index is 537. The summed E-state index contributed by atoms with van der Waals surface area (Å²) in [4.78, 5) is 1.80. The molecule has 1 rings (SSSR count). The van der Waals surface area contributed by atoms with Crippen molar-refractivity contribution in [2.45, 2.75) is 12.5 Å². The lowest BCUT2D eigenvalue weighted by atomic mass is 10.1.